The molecule has 0 unspecified atom stereocenters. The Morgan fingerprint density at radius 1 is 1.16 bits per heavy atom. The summed E-state index contributed by atoms with van der Waals surface area (Å²) in [6, 6.07) is 9.60. The largest absolute Gasteiger partial charge is 0.459 e. The first-order chi connectivity index (χ1) is 12.0. The van der Waals surface area contributed by atoms with Crippen LogP contribution >= 0.6 is 0 Å². The molecule has 0 atom stereocenters. The molecular weight excluding hydrogens is 318 g/mol. The maximum atomic E-state index is 12.2. The molecule has 1 aromatic heterocycles. The highest BCUT2D eigenvalue weighted by Gasteiger charge is 2.18. The third kappa shape index (κ3) is 4.28. The molecule has 1 saturated heterocycles. The first kappa shape index (κ1) is 17.2. The predicted octanol–water partition coefficient (Wildman–Crippen LogP) is 2.50. The average molecular weight is 341 g/mol. The van der Waals surface area contributed by atoms with E-state index < -0.39 is 0 Å². The number of nitrogens with zero attached hydrogens (tertiary/aromatic N) is 2. The van der Waals surface area contributed by atoms with Gasteiger partial charge in [-0.3, -0.25) is 14.5 Å². The van der Waals surface area contributed by atoms with Crippen molar-refractivity contribution >= 4 is 17.5 Å². The highest BCUT2D eigenvalue weighted by molar-refractivity contribution is 6.03. The average Bonchev–Trinajstić information content (AvgIpc) is 3.02. The van der Waals surface area contributed by atoms with E-state index in [-0.39, 0.29) is 11.8 Å². The first-order valence-electron chi connectivity index (χ1n) is 8.45. The van der Waals surface area contributed by atoms with Crippen LogP contribution in [0.3, 0.4) is 0 Å². The van der Waals surface area contributed by atoms with Gasteiger partial charge in [0.25, 0.3) is 5.91 Å². The van der Waals surface area contributed by atoms with E-state index >= 15 is 0 Å². The second-order valence-corrected chi connectivity index (χ2v) is 6.37. The fourth-order valence-electron chi connectivity index (χ4n) is 3.02. The number of nitrogens with one attached hydrogen (secondary N) is 1. The van der Waals surface area contributed by atoms with Gasteiger partial charge in [0.2, 0.25) is 5.91 Å². The van der Waals surface area contributed by atoms with Gasteiger partial charge in [0.15, 0.2) is 5.76 Å². The molecule has 6 nitrogen and oxygen atoms in total. The second kappa shape index (κ2) is 7.53. The van der Waals surface area contributed by atoms with Crippen molar-refractivity contribution in [2.75, 3.05) is 31.5 Å². The Labute approximate surface area is 147 Å². The summed E-state index contributed by atoms with van der Waals surface area (Å²) in [6.45, 7) is 7.52. The molecule has 1 aliphatic heterocycles. The Morgan fingerprint density at radius 3 is 2.56 bits per heavy atom. The van der Waals surface area contributed by atoms with Gasteiger partial charge in [0.1, 0.15) is 0 Å². The Bertz CT molecular complexity index is 761. The van der Waals surface area contributed by atoms with Crippen LogP contribution in [0.4, 0.5) is 5.69 Å². The fourth-order valence-corrected chi connectivity index (χ4v) is 3.02. The molecule has 0 bridgehead atoms. The minimum Gasteiger partial charge on any atom is -0.459 e. The fraction of sp³-hybridized carbons (Fsp3) is 0.368. The van der Waals surface area contributed by atoms with Gasteiger partial charge in [-0.05, 0) is 30.7 Å². The standard InChI is InChI=1S/C19H23N3O3/c1-14-6-11-25-18(14)19(24)20-17-5-3-4-16(12-17)13-21-7-9-22(10-8-21)15(2)23/h3-6,11-12H,7-10,13H2,1-2H3,(H,20,24). The van der Waals surface area contributed by atoms with Gasteiger partial charge in [-0.25, -0.2) is 0 Å². The number of benzene rings is 1. The van der Waals surface area contributed by atoms with Crippen LogP contribution in [0.25, 0.3) is 0 Å². The Morgan fingerprint density at radius 2 is 1.92 bits per heavy atom. The van der Waals surface area contributed by atoms with Crippen molar-refractivity contribution in [3.8, 4) is 0 Å². The van der Waals surface area contributed by atoms with E-state index in [0.717, 1.165) is 49.5 Å². The number of anilines is 1. The molecule has 25 heavy (non-hydrogen) atoms. The van der Waals surface area contributed by atoms with Crippen molar-refractivity contribution in [1.82, 2.24) is 9.80 Å². The van der Waals surface area contributed by atoms with Gasteiger partial charge < -0.3 is 14.6 Å². The lowest BCUT2D eigenvalue weighted by Gasteiger charge is -2.34. The molecule has 132 valence electrons. The summed E-state index contributed by atoms with van der Waals surface area (Å²) in [4.78, 5) is 27.8. The molecule has 0 spiro atoms. The molecular formula is C19H23N3O3. The molecule has 0 aliphatic carbocycles. The van der Waals surface area contributed by atoms with Gasteiger partial charge in [0.05, 0.1) is 6.26 Å². The maximum absolute atomic E-state index is 12.2. The third-order valence-corrected chi connectivity index (χ3v) is 4.48. The van der Waals surface area contributed by atoms with Crippen LogP contribution in [-0.2, 0) is 11.3 Å². The summed E-state index contributed by atoms with van der Waals surface area (Å²) in [5.41, 5.74) is 2.70. The van der Waals surface area contributed by atoms with Crippen LogP contribution in [0.1, 0.15) is 28.6 Å². The van der Waals surface area contributed by atoms with E-state index in [2.05, 4.69) is 10.2 Å². The van der Waals surface area contributed by atoms with Gasteiger partial charge in [-0.2, -0.15) is 0 Å². The van der Waals surface area contributed by atoms with Crippen LogP contribution in [0.2, 0.25) is 0 Å². The van der Waals surface area contributed by atoms with Crippen LogP contribution in [-0.4, -0.2) is 47.8 Å². The molecule has 0 saturated carbocycles. The lowest BCUT2D eigenvalue weighted by atomic mass is 10.1. The Hall–Kier alpha value is -2.60. The van der Waals surface area contributed by atoms with Gasteiger partial charge in [-0.1, -0.05) is 12.1 Å². The smallest absolute Gasteiger partial charge is 0.291 e. The number of aryl methyl sites for hydroxylation is 1. The number of furan rings is 1. The van der Waals surface area contributed by atoms with Crippen molar-refractivity contribution in [1.29, 1.82) is 0 Å². The summed E-state index contributed by atoms with van der Waals surface area (Å²) in [5.74, 6) is 0.234. The zero-order valence-corrected chi connectivity index (χ0v) is 14.6. The van der Waals surface area contributed by atoms with E-state index in [1.54, 1.807) is 13.0 Å². The summed E-state index contributed by atoms with van der Waals surface area (Å²) < 4.78 is 5.23. The van der Waals surface area contributed by atoms with Crippen LogP contribution in [0.15, 0.2) is 41.0 Å². The van der Waals surface area contributed by atoms with Crippen molar-refractivity contribution in [3.05, 3.63) is 53.5 Å². The minimum absolute atomic E-state index is 0.137. The summed E-state index contributed by atoms with van der Waals surface area (Å²) >= 11 is 0. The molecule has 2 heterocycles. The SMILES string of the molecule is CC(=O)N1CCN(Cc2cccc(NC(=O)c3occc3C)c2)CC1. The van der Waals surface area contributed by atoms with Crippen LogP contribution < -0.4 is 5.32 Å². The van der Waals surface area contributed by atoms with Crippen LogP contribution in [0, 0.1) is 6.92 Å². The van der Waals surface area contributed by atoms with E-state index in [1.165, 1.54) is 6.26 Å². The minimum atomic E-state index is -0.241. The molecule has 2 amide bonds. The highest BCUT2D eigenvalue weighted by atomic mass is 16.3. The van der Waals surface area contributed by atoms with Crippen molar-refractivity contribution < 1.29 is 14.0 Å². The number of hydrogen-bond donors (Lipinski definition) is 1. The quantitative estimate of drug-likeness (QED) is 0.928. The number of amides is 2. The lowest BCUT2D eigenvalue weighted by molar-refractivity contribution is -0.130. The predicted molar refractivity (Wildman–Crippen MR) is 95.4 cm³/mol. The number of carbonyl (C=O) groups is 2. The zero-order valence-electron chi connectivity index (χ0n) is 14.6. The monoisotopic (exact) mass is 341 g/mol. The normalized spacial score (nSPS) is 15.2. The van der Waals surface area contributed by atoms with Crippen molar-refractivity contribution in [3.63, 3.8) is 0 Å². The van der Waals surface area contributed by atoms with Gasteiger partial charge in [-0.15, -0.1) is 0 Å². The van der Waals surface area contributed by atoms with E-state index in [4.69, 9.17) is 4.42 Å². The molecule has 1 aliphatic rings. The maximum Gasteiger partial charge on any atom is 0.291 e. The molecule has 2 aromatic rings. The topological polar surface area (TPSA) is 65.8 Å². The second-order valence-electron chi connectivity index (χ2n) is 6.37. The molecule has 0 radical (unpaired) electrons. The molecule has 3 rings (SSSR count). The zero-order chi connectivity index (χ0) is 17.8. The Kier molecular flexibility index (Phi) is 5.19. The highest BCUT2D eigenvalue weighted by Crippen LogP contribution is 2.16. The summed E-state index contributed by atoms with van der Waals surface area (Å²) in [5, 5.41) is 2.88. The van der Waals surface area contributed by atoms with Crippen molar-refractivity contribution in [2.24, 2.45) is 0 Å². The third-order valence-electron chi connectivity index (χ3n) is 4.48. The van der Waals surface area contributed by atoms with Crippen molar-refractivity contribution in [2.45, 2.75) is 20.4 Å². The number of rotatable bonds is 4. The molecule has 1 aromatic carbocycles. The van der Waals surface area contributed by atoms with E-state index in [0.29, 0.717) is 5.76 Å². The number of piperazine rings is 1. The summed E-state index contributed by atoms with van der Waals surface area (Å²) in [6.07, 6.45) is 1.52. The van der Waals surface area contributed by atoms with E-state index in [1.807, 2.05) is 36.1 Å². The summed E-state index contributed by atoms with van der Waals surface area (Å²) in [7, 11) is 0. The van der Waals surface area contributed by atoms with E-state index in [9.17, 15) is 9.59 Å². The molecule has 1 N–H and O–H groups in total. The number of carbonyl (C=O) groups excluding carboxylic acids is 2. The number of hydrogen-bond acceptors (Lipinski definition) is 4. The first-order valence-corrected chi connectivity index (χ1v) is 8.45. The Balaban J connectivity index is 1.59. The molecule has 6 heteroatoms. The van der Waals surface area contributed by atoms with Crippen LogP contribution in [0.5, 0.6) is 0 Å². The molecule has 1 fully saturated rings. The van der Waals surface area contributed by atoms with Gasteiger partial charge >= 0.3 is 0 Å². The lowest BCUT2D eigenvalue weighted by Crippen LogP contribution is -2.47. The van der Waals surface area contributed by atoms with Gasteiger partial charge in [0, 0.05) is 50.9 Å².